The van der Waals surface area contributed by atoms with Crippen LogP contribution in [0.2, 0.25) is 0 Å². The minimum Gasteiger partial charge on any atom is -0.315 e. The summed E-state index contributed by atoms with van der Waals surface area (Å²) in [5, 5.41) is 2.91. The standard InChI is InChI=1S/C12H22F3N3/c1-17-7-3-10(4-8-17)18-6-2-5-16-9-11(18)12(13,14)15/h10-11,16H,2-9H2,1H3. The van der Waals surface area contributed by atoms with Gasteiger partial charge in [0.25, 0.3) is 0 Å². The highest BCUT2D eigenvalue weighted by molar-refractivity contribution is 4.90. The van der Waals surface area contributed by atoms with Gasteiger partial charge in [0.15, 0.2) is 0 Å². The Morgan fingerprint density at radius 3 is 2.39 bits per heavy atom. The molecular formula is C12H22F3N3. The Morgan fingerprint density at radius 2 is 1.78 bits per heavy atom. The highest BCUT2D eigenvalue weighted by Crippen LogP contribution is 2.29. The first-order valence-electron chi connectivity index (χ1n) is 6.70. The Balaban J connectivity index is 2.06. The van der Waals surface area contributed by atoms with Gasteiger partial charge in [0.1, 0.15) is 6.04 Å². The summed E-state index contributed by atoms with van der Waals surface area (Å²) >= 11 is 0. The summed E-state index contributed by atoms with van der Waals surface area (Å²) < 4.78 is 39.3. The van der Waals surface area contributed by atoms with Crippen LogP contribution in [0, 0.1) is 0 Å². The maximum Gasteiger partial charge on any atom is 0.405 e. The Kier molecular flexibility index (Phi) is 4.50. The van der Waals surface area contributed by atoms with Crippen molar-refractivity contribution in [2.75, 3.05) is 39.8 Å². The SMILES string of the molecule is CN1CCC(N2CCCNCC2C(F)(F)F)CC1. The number of nitrogens with zero attached hydrogens (tertiary/aromatic N) is 2. The summed E-state index contributed by atoms with van der Waals surface area (Å²) in [4.78, 5) is 3.89. The van der Waals surface area contributed by atoms with Crippen LogP contribution in [0.15, 0.2) is 0 Å². The molecule has 2 heterocycles. The fourth-order valence-electron chi connectivity index (χ4n) is 2.97. The molecule has 106 valence electrons. The van der Waals surface area contributed by atoms with Gasteiger partial charge in [0, 0.05) is 19.1 Å². The molecule has 0 saturated carbocycles. The molecule has 1 atom stereocenters. The predicted octanol–water partition coefficient (Wildman–Crippen LogP) is 1.31. The van der Waals surface area contributed by atoms with Gasteiger partial charge in [0.2, 0.25) is 0 Å². The molecule has 1 unspecified atom stereocenters. The molecule has 0 radical (unpaired) electrons. The van der Waals surface area contributed by atoms with Crippen molar-refractivity contribution < 1.29 is 13.2 Å². The molecule has 1 N–H and O–H groups in total. The van der Waals surface area contributed by atoms with Crippen LogP contribution in [0.1, 0.15) is 19.3 Å². The van der Waals surface area contributed by atoms with E-state index in [-0.39, 0.29) is 12.6 Å². The number of piperidine rings is 1. The molecule has 0 amide bonds. The lowest BCUT2D eigenvalue weighted by Gasteiger charge is -2.41. The van der Waals surface area contributed by atoms with Crippen LogP contribution >= 0.6 is 0 Å². The van der Waals surface area contributed by atoms with E-state index < -0.39 is 12.2 Å². The van der Waals surface area contributed by atoms with E-state index in [0.717, 1.165) is 32.4 Å². The number of hydrogen-bond donors (Lipinski definition) is 1. The van der Waals surface area contributed by atoms with E-state index in [1.807, 2.05) is 7.05 Å². The van der Waals surface area contributed by atoms with Gasteiger partial charge in [-0.25, -0.2) is 0 Å². The Labute approximate surface area is 106 Å². The van der Waals surface area contributed by atoms with E-state index >= 15 is 0 Å². The molecule has 2 aliphatic rings. The quantitative estimate of drug-likeness (QED) is 0.771. The summed E-state index contributed by atoms with van der Waals surface area (Å²) in [5.74, 6) is 0. The van der Waals surface area contributed by atoms with E-state index in [1.54, 1.807) is 4.90 Å². The number of halogens is 3. The summed E-state index contributed by atoms with van der Waals surface area (Å²) in [6, 6.07) is -1.22. The molecule has 18 heavy (non-hydrogen) atoms. The molecular weight excluding hydrogens is 243 g/mol. The third-order valence-electron chi connectivity index (χ3n) is 4.04. The van der Waals surface area contributed by atoms with Crippen LogP contribution in [0.25, 0.3) is 0 Å². The fourth-order valence-corrected chi connectivity index (χ4v) is 2.97. The number of alkyl halides is 3. The van der Waals surface area contributed by atoms with E-state index in [0.29, 0.717) is 13.1 Å². The maximum absolute atomic E-state index is 13.1. The lowest BCUT2D eigenvalue weighted by atomic mass is 10.0. The zero-order valence-electron chi connectivity index (χ0n) is 10.8. The zero-order chi connectivity index (χ0) is 13.2. The molecule has 2 fully saturated rings. The fraction of sp³-hybridized carbons (Fsp3) is 1.00. The van der Waals surface area contributed by atoms with Crippen LogP contribution in [-0.2, 0) is 0 Å². The summed E-state index contributed by atoms with van der Waals surface area (Å²) in [6.45, 7) is 3.09. The van der Waals surface area contributed by atoms with Gasteiger partial charge in [-0.1, -0.05) is 0 Å². The second-order valence-corrected chi connectivity index (χ2v) is 5.39. The molecule has 3 nitrogen and oxygen atoms in total. The van der Waals surface area contributed by atoms with Gasteiger partial charge in [-0.15, -0.1) is 0 Å². The second kappa shape index (κ2) is 5.75. The summed E-state index contributed by atoms with van der Waals surface area (Å²) in [5.41, 5.74) is 0. The van der Waals surface area contributed by atoms with Crippen molar-refractivity contribution in [3.63, 3.8) is 0 Å². The predicted molar refractivity (Wildman–Crippen MR) is 64.6 cm³/mol. The first-order valence-corrected chi connectivity index (χ1v) is 6.70. The molecule has 0 aliphatic carbocycles. The highest BCUT2D eigenvalue weighted by Gasteiger charge is 2.46. The number of likely N-dealkylation sites (tertiary alicyclic amines) is 1. The first kappa shape index (κ1) is 14.1. The molecule has 2 saturated heterocycles. The first-order chi connectivity index (χ1) is 8.48. The van der Waals surface area contributed by atoms with Crippen LogP contribution in [0.4, 0.5) is 13.2 Å². The van der Waals surface area contributed by atoms with Crippen LogP contribution in [-0.4, -0.2) is 67.8 Å². The Bertz CT molecular complexity index is 262. The average Bonchev–Trinajstić information content (AvgIpc) is 2.54. The van der Waals surface area contributed by atoms with Crippen LogP contribution < -0.4 is 5.32 Å². The van der Waals surface area contributed by atoms with E-state index in [9.17, 15) is 13.2 Å². The summed E-state index contributed by atoms with van der Waals surface area (Å²) in [6.07, 6.45) is -1.62. The van der Waals surface area contributed by atoms with E-state index in [1.165, 1.54) is 0 Å². The summed E-state index contributed by atoms with van der Waals surface area (Å²) in [7, 11) is 2.03. The van der Waals surface area contributed by atoms with Gasteiger partial charge in [-0.05, 0) is 45.9 Å². The number of nitrogens with one attached hydrogen (secondary N) is 1. The zero-order valence-corrected chi connectivity index (χ0v) is 10.8. The highest BCUT2D eigenvalue weighted by atomic mass is 19.4. The van der Waals surface area contributed by atoms with Crippen molar-refractivity contribution in [2.24, 2.45) is 0 Å². The largest absolute Gasteiger partial charge is 0.405 e. The molecule has 0 spiro atoms. The molecule has 0 aromatic heterocycles. The monoisotopic (exact) mass is 265 g/mol. The van der Waals surface area contributed by atoms with Crippen molar-refractivity contribution in [3.8, 4) is 0 Å². The van der Waals surface area contributed by atoms with Gasteiger partial charge >= 0.3 is 6.18 Å². The Morgan fingerprint density at radius 1 is 1.11 bits per heavy atom. The van der Waals surface area contributed by atoms with Crippen LogP contribution in [0.3, 0.4) is 0 Å². The minimum atomic E-state index is -4.12. The average molecular weight is 265 g/mol. The molecule has 2 aliphatic heterocycles. The van der Waals surface area contributed by atoms with Gasteiger partial charge in [0.05, 0.1) is 0 Å². The Hall–Kier alpha value is -0.330. The van der Waals surface area contributed by atoms with Crippen LogP contribution in [0.5, 0.6) is 0 Å². The third kappa shape index (κ3) is 3.36. The van der Waals surface area contributed by atoms with Crippen molar-refractivity contribution in [1.29, 1.82) is 0 Å². The topological polar surface area (TPSA) is 18.5 Å². The van der Waals surface area contributed by atoms with Crippen molar-refractivity contribution in [2.45, 2.75) is 37.5 Å². The van der Waals surface area contributed by atoms with Gasteiger partial charge in [-0.3, -0.25) is 4.90 Å². The normalized spacial score (nSPS) is 30.3. The molecule has 0 aromatic carbocycles. The van der Waals surface area contributed by atoms with E-state index in [4.69, 9.17) is 0 Å². The second-order valence-electron chi connectivity index (χ2n) is 5.39. The lowest BCUT2D eigenvalue weighted by Crippen LogP contribution is -2.55. The third-order valence-corrected chi connectivity index (χ3v) is 4.04. The van der Waals surface area contributed by atoms with Gasteiger partial charge < -0.3 is 10.2 Å². The molecule has 6 heteroatoms. The van der Waals surface area contributed by atoms with Crippen molar-refractivity contribution in [3.05, 3.63) is 0 Å². The molecule has 2 rings (SSSR count). The molecule has 0 aromatic rings. The van der Waals surface area contributed by atoms with E-state index in [2.05, 4.69) is 10.2 Å². The molecule has 0 bridgehead atoms. The maximum atomic E-state index is 13.1. The number of hydrogen-bond acceptors (Lipinski definition) is 3. The smallest absolute Gasteiger partial charge is 0.315 e. The number of rotatable bonds is 1. The van der Waals surface area contributed by atoms with Crippen molar-refractivity contribution in [1.82, 2.24) is 15.1 Å². The van der Waals surface area contributed by atoms with Gasteiger partial charge in [-0.2, -0.15) is 13.2 Å². The minimum absolute atomic E-state index is 0.0375. The van der Waals surface area contributed by atoms with Crippen molar-refractivity contribution >= 4 is 0 Å². The lowest BCUT2D eigenvalue weighted by molar-refractivity contribution is -0.188.